The van der Waals surface area contributed by atoms with Gasteiger partial charge in [0.25, 0.3) is 5.91 Å². The lowest BCUT2D eigenvalue weighted by atomic mass is 10.1. The summed E-state index contributed by atoms with van der Waals surface area (Å²) in [6.45, 7) is 11.4. The molecule has 1 atom stereocenters. The first-order chi connectivity index (χ1) is 9.64. The van der Waals surface area contributed by atoms with E-state index in [4.69, 9.17) is 4.74 Å². The third-order valence-corrected chi connectivity index (χ3v) is 3.97. The zero-order valence-electron chi connectivity index (χ0n) is 13.7. The highest BCUT2D eigenvalue weighted by Gasteiger charge is 2.23. The third-order valence-electron chi connectivity index (χ3n) is 2.89. The van der Waals surface area contributed by atoms with Crippen molar-refractivity contribution in [3.63, 3.8) is 0 Å². The molecule has 1 rings (SSSR count). The summed E-state index contributed by atoms with van der Waals surface area (Å²) in [4.78, 5) is 25.7. The molecule has 4 nitrogen and oxygen atoms in total. The fourth-order valence-corrected chi connectivity index (χ4v) is 2.84. The Balaban J connectivity index is 2.68. The van der Waals surface area contributed by atoms with Gasteiger partial charge in [0.2, 0.25) is 0 Å². The van der Waals surface area contributed by atoms with E-state index in [0.29, 0.717) is 4.88 Å². The summed E-state index contributed by atoms with van der Waals surface area (Å²) in [6, 6.07) is 1.88. The van der Waals surface area contributed by atoms with Crippen molar-refractivity contribution in [2.24, 2.45) is 0 Å². The maximum absolute atomic E-state index is 12.1. The number of hydrogen-bond donors (Lipinski definition) is 1. The van der Waals surface area contributed by atoms with Crippen LogP contribution >= 0.6 is 11.3 Å². The summed E-state index contributed by atoms with van der Waals surface area (Å²) in [5, 5.41) is 2.80. The number of esters is 1. The molecule has 5 heteroatoms. The molecule has 1 amide bonds. The van der Waals surface area contributed by atoms with Gasteiger partial charge in [-0.3, -0.25) is 4.79 Å². The summed E-state index contributed by atoms with van der Waals surface area (Å²) in [6.07, 6.45) is 1.19. The van der Waals surface area contributed by atoms with E-state index in [1.807, 2.05) is 33.8 Å². The molecule has 1 N–H and O–H groups in total. The molecule has 1 heterocycles. The standard InChI is InChI=1S/C16H25NO3S/c1-7-8-12-9-13(21-11(12)3)15(19)20-10(2)14(18)17-16(4,5)6/h9-10H,7-8H2,1-6H3,(H,17,18)/t10-/m1/s1. The molecule has 0 aliphatic rings. The summed E-state index contributed by atoms with van der Waals surface area (Å²) in [7, 11) is 0. The van der Waals surface area contributed by atoms with Crippen molar-refractivity contribution in [1.29, 1.82) is 0 Å². The Morgan fingerprint density at radius 1 is 1.38 bits per heavy atom. The lowest BCUT2D eigenvalue weighted by Crippen LogP contribution is -2.46. The molecule has 0 fully saturated rings. The molecule has 0 saturated carbocycles. The second-order valence-electron chi connectivity index (χ2n) is 6.23. The number of thiophene rings is 1. The van der Waals surface area contributed by atoms with Crippen LogP contribution < -0.4 is 5.32 Å². The van der Waals surface area contributed by atoms with Crippen LogP contribution in [0.15, 0.2) is 6.07 Å². The average Bonchev–Trinajstić information content (AvgIpc) is 2.69. The first-order valence-corrected chi connectivity index (χ1v) is 8.08. The number of carbonyl (C=O) groups excluding carboxylic acids is 2. The molecule has 0 aliphatic carbocycles. The summed E-state index contributed by atoms with van der Waals surface area (Å²) >= 11 is 1.42. The monoisotopic (exact) mass is 311 g/mol. The van der Waals surface area contributed by atoms with Crippen molar-refractivity contribution in [3.8, 4) is 0 Å². The van der Waals surface area contributed by atoms with Gasteiger partial charge in [-0.15, -0.1) is 11.3 Å². The van der Waals surface area contributed by atoms with Crippen molar-refractivity contribution >= 4 is 23.2 Å². The predicted octanol–water partition coefficient (Wildman–Crippen LogP) is 3.47. The quantitative estimate of drug-likeness (QED) is 0.847. The van der Waals surface area contributed by atoms with E-state index in [2.05, 4.69) is 12.2 Å². The van der Waals surface area contributed by atoms with E-state index in [1.165, 1.54) is 16.9 Å². The molecule has 21 heavy (non-hydrogen) atoms. The third kappa shape index (κ3) is 5.50. The van der Waals surface area contributed by atoms with Crippen LogP contribution in [-0.2, 0) is 16.0 Å². The van der Waals surface area contributed by atoms with Crippen LogP contribution in [-0.4, -0.2) is 23.5 Å². The minimum Gasteiger partial charge on any atom is -0.448 e. The lowest BCUT2D eigenvalue weighted by molar-refractivity contribution is -0.130. The number of amides is 1. The number of ether oxygens (including phenoxy) is 1. The zero-order chi connectivity index (χ0) is 16.2. The van der Waals surface area contributed by atoms with E-state index >= 15 is 0 Å². The van der Waals surface area contributed by atoms with Gasteiger partial charge >= 0.3 is 5.97 Å². The molecule has 0 radical (unpaired) electrons. The fraction of sp³-hybridized carbons (Fsp3) is 0.625. The Kier molecular flexibility index (Phi) is 5.96. The van der Waals surface area contributed by atoms with Gasteiger partial charge in [-0.2, -0.15) is 0 Å². The summed E-state index contributed by atoms with van der Waals surface area (Å²) in [5.74, 6) is -0.708. The van der Waals surface area contributed by atoms with Crippen molar-refractivity contribution in [1.82, 2.24) is 5.32 Å². The van der Waals surface area contributed by atoms with Crippen LogP contribution in [0.25, 0.3) is 0 Å². The molecular formula is C16H25NO3S. The number of hydrogen-bond acceptors (Lipinski definition) is 4. The predicted molar refractivity (Wildman–Crippen MR) is 85.8 cm³/mol. The highest BCUT2D eigenvalue weighted by atomic mass is 32.1. The van der Waals surface area contributed by atoms with Crippen LogP contribution in [0.1, 0.15) is 61.2 Å². The Hall–Kier alpha value is -1.36. The summed E-state index contributed by atoms with van der Waals surface area (Å²) < 4.78 is 5.25. The highest BCUT2D eigenvalue weighted by Crippen LogP contribution is 2.24. The fourth-order valence-electron chi connectivity index (χ4n) is 1.88. The van der Waals surface area contributed by atoms with Crippen LogP contribution in [0.3, 0.4) is 0 Å². The van der Waals surface area contributed by atoms with E-state index < -0.39 is 12.1 Å². The van der Waals surface area contributed by atoms with Gasteiger partial charge < -0.3 is 10.1 Å². The largest absolute Gasteiger partial charge is 0.448 e. The molecule has 1 aromatic rings. The normalized spacial score (nSPS) is 12.9. The molecule has 0 spiro atoms. The van der Waals surface area contributed by atoms with E-state index in [1.54, 1.807) is 6.92 Å². The van der Waals surface area contributed by atoms with Gasteiger partial charge in [0.1, 0.15) is 4.88 Å². The number of carbonyl (C=O) groups is 2. The zero-order valence-corrected chi connectivity index (χ0v) is 14.5. The first kappa shape index (κ1) is 17.7. The Morgan fingerprint density at radius 2 is 2.00 bits per heavy atom. The molecular weight excluding hydrogens is 286 g/mol. The topological polar surface area (TPSA) is 55.4 Å². The Labute approximate surface area is 130 Å². The van der Waals surface area contributed by atoms with Gasteiger partial charge in [0.05, 0.1) is 0 Å². The maximum atomic E-state index is 12.1. The Bertz CT molecular complexity index is 514. The van der Waals surface area contributed by atoms with Gasteiger partial charge in [0, 0.05) is 10.4 Å². The smallest absolute Gasteiger partial charge is 0.349 e. The number of nitrogens with one attached hydrogen (secondary N) is 1. The SMILES string of the molecule is CCCc1cc(C(=O)O[C@H](C)C(=O)NC(C)(C)C)sc1C. The van der Waals surface area contributed by atoms with Gasteiger partial charge in [-0.1, -0.05) is 13.3 Å². The van der Waals surface area contributed by atoms with Crippen molar-refractivity contribution in [2.75, 3.05) is 0 Å². The van der Waals surface area contributed by atoms with E-state index in [0.717, 1.165) is 17.7 Å². The van der Waals surface area contributed by atoms with Crippen LogP contribution in [0.5, 0.6) is 0 Å². The van der Waals surface area contributed by atoms with Crippen molar-refractivity contribution < 1.29 is 14.3 Å². The highest BCUT2D eigenvalue weighted by molar-refractivity contribution is 7.14. The molecule has 0 bridgehead atoms. The van der Waals surface area contributed by atoms with Crippen LogP contribution in [0.4, 0.5) is 0 Å². The van der Waals surface area contributed by atoms with Gasteiger partial charge in [0.15, 0.2) is 6.10 Å². The average molecular weight is 311 g/mol. The van der Waals surface area contributed by atoms with Gasteiger partial charge in [-0.25, -0.2) is 4.79 Å². The second kappa shape index (κ2) is 7.07. The molecule has 0 saturated heterocycles. The molecule has 0 aromatic carbocycles. The van der Waals surface area contributed by atoms with Crippen molar-refractivity contribution in [2.45, 2.75) is 66.0 Å². The number of rotatable bonds is 5. The minimum absolute atomic E-state index is 0.280. The van der Waals surface area contributed by atoms with Crippen LogP contribution in [0.2, 0.25) is 0 Å². The molecule has 0 aliphatic heterocycles. The second-order valence-corrected chi connectivity index (χ2v) is 7.49. The van der Waals surface area contributed by atoms with Crippen LogP contribution in [0, 0.1) is 6.92 Å². The molecule has 1 aromatic heterocycles. The Morgan fingerprint density at radius 3 is 2.52 bits per heavy atom. The summed E-state index contributed by atoms with van der Waals surface area (Å²) in [5.41, 5.74) is 0.840. The van der Waals surface area contributed by atoms with E-state index in [9.17, 15) is 9.59 Å². The minimum atomic E-state index is -0.797. The maximum Gasteiger partial charge on any atom is 0.349 e. The molecule has 0 unspecified atom stereocenters. The molecule has 118 valence electrons. The lowest BCUT2D eigenvalue weighted by Gasteiger charge is -2.23. The van der Waals surface area contributed by atoms with Gasteiger partial charge in [-0.05, 0) is 52.7 Å². The number of aryl methyl sites for hydroxylation is 2. The van der Waals surface area contributed by atoms with E-state index in [-0.39, 0.29) is 11.4 Å². The first-order valence-electron chi connectivity index (χ1n) is 7.26. The van der Waals surface area contributed by atoms with Crippen molar-refractivity contribution in [3.05, 3.63) is 21.4 Å².